The molecule has 28 heavy (non-hydrogen) atoms. The van der Waals surface area contributed by atoms with Crippen molar-refractivity contribution in [2.24, 2.45) is 5.73 Å². The minimum Gasteiger partial charge on any atom is -0.388 e. The maximum atomic E-state index is 11.1. The largest absolute Gasteiger partial charge is 0.434 e. The summed E-state index contributed by atoms with van der Waals surface area (Å²) in [6.45, 7) is 1.88. The van der Waals surface area contributed by atoms with Crippen molar-refractivity contribution in [2.75, 3.05) is 5.32 Å². The third-order valence-corrected chi connectivity index (χ3v) is 5.64. The van der Waals surface area contributed by atoms with E-state index in [1.807, 2.05) is 30.5 Å². The number of aromatic nitrogens is 4. The van der Waals surface area contributed by atoms with Crippen LogP contribution in [0.15, 0.2) is 38.9 Å². The molecule has 9 nitrogen and oxygen atoms in total. The first-order chi connectivity index (χ1) is 13.5. The van der Waals surface area contributed by atoms with E-state index in [2.05, 4.69) is 25.5 Å². The smallest absolute Gasteiger partial charge is 0.388 e. The molecule has 0 spiro atoms. The Morgan fingerprint density at radius 2 is 2.21 bits per heavy atom. The zero-order valence-corrected chi connectivity index (χ0v) is 16.2. The summed E-state index contributed by atoms with van der Waals surface area (Å²) in [5, 5.41) is 12.6. The van der Waals surface area contributed by atoms with E-state index >= 15 is 0 Å². The van der Waals surface area contributed by atoms with Crippen molar-refractivity contribution in [3.8, 4) is 22.0 Å². The molecule has 1 aromatic carbocycles. The van der Waals surface area contributed by atoms with Crippen molar-refractivity contribution >= 4 is 39.4 Å². The van der Waals surface area contributed by atoms with Gasteiger partial charge in [0, 0.05) is 16.6 Å². The van der Waals surface area contributed by atoms with Crippen LogP contribution in [0.25, 0.3) is 22.0 Å². The molecule has 4 rings (SSSR count). The van der Waals surface area contributed by atoms with Crippen LogP contribution in [0, 0.1) is 6.92 Å². The standard InChI is InChI=1S/C17H14N6O3S2/c1-8-14(28-13(19-8)6-12(18)24)11-7-27-16(21-11)20-10-4-2-3-9(5-10)15-22-23-17(25)26-15/h2-5,7H,6H2,1H3,(H2,18,24)(H,20,21)(H,23,25). The van der Waals surface area contributed by atoms with Crippen LogP contribution in [0.2, 0.25) is 0 Å². The van der Waals surface area contributed by atoms with Gasteiger partial charge in [-0.25, -0.2) is 19.9 Å². The van der Waals surface area contributed by atoms with Gasteiger partial charge < -0.3 is 15.5 Å². The monoisotopic (exact) mass is 414 g/mol. The van der Waals surface area contributed by atoms with E-state index in [1.54, 1.807) is 6.07 Å². The Bertz CT molecular complexity index is 1210. The van der Waals surface area contributed by atoms with E-state index in [-0.39, 0.29) is 12.3 Å². The molecule has 142 valence electrons. The summed E-state index contributed by atoms with van der Waals surface area (Å²) in [4.78, 5) is 32.1. The third kappa shape index (κ3) is 3.85. The molecule has 0 bridgehead atoms. The summed E-state index contributed by atoms with van der Waals surface area (Å²) >= 11 is 2.86. The second-order valence-electron chi connectivity index (χ2n) is 5.83. The summed E-state index contributed by atoms with van der Waals surface area (Å²) in [5.41, 5.74) is 8.28. The Morgan fingerprint density at radius 3 is 2.96 bits per heavy atom. The van der Waals surface area contributed by atoms with E-state index in [9.17, 15) is 9.59 Å². The van der Waals surface area contributed by atoms with Gasteiger partial charge in [-0.3, -0.25) is 4.79 Å². The normalized spacial score (nSPS) is 10.9. The number of benzene rings is 1. The number of anilines is 2. The Kier molecular flexibility index (Phi) is 4.75. The number of thiazole rings is 2. The van der Waals surface area contributed by atoms with Crippen LogP contribution in [-0.4, -0.2) is 26.1 Å². The SMILES string of the molecule is Cc1nc(CC(N)=O)sc1-c1csc(Nc2cccc(-c3n[nH]c(=O)o3)c2)n1. The molecule has 3 heterocycles. The van der Waals surface area contributed by atoms with Crippen LogP contribution in [0.4, 0.5) is 10.8 Å². The van der Waals surface area contributed by atoms with Crippen LogP contribution >= 0.6 is 22.7 Å². The molecule has 0 fully saturated rings. The van der Waals surface area contributed by atoms with Crippen molar-refractivity contribution in [3.63, 3.8) is 0 Å². The number of hydrogen-bond acceptors (Lipinski definition) is 9. The molecule has 0 atom stereocenters. The van der Waals surface area contributed by atoms with Gasteiger partial charge in [0.1, 0.15) is 5.01 Å². The Morgan fingerprint density at radius 1 is 1.36 bits per heavy atom. The number of aromatic amines is 1. The molecule has 4 aromatic rings. The van der Waals surface area contributed by atoms with E-state index in [0.29, 0.717) is 15.7 Å². The van der Waals surface area contributed by atoms with Crippen molar-refractivity contribution in [1.29, 1.82) is 0 Å². The van der Waals surface area contributed by atoms with Crippen molar-refractivity contribution in [1.82, 2.24) is 20.2 Å². The zero-order valence-electron chi connectivity index (χ0n) is 14.6. The van der Waals surface area contributed by atoms with Gasteiger partial charge in [0.25, 0.3) is 0 Å². The number of aryl methyl sites for hydroxylation is 1. The highest BCUT2D eigenvalue weighted by Crippen LogP contribution is 2.33. The predicted molar refractivity (Wildman–Crippen MR) is 107 cm³/mol. The number of hydrogen-bond donors (Lipinski definition) is 3. The molecular weight excluding hydrogens is 400 g/mol. The second-order valence-corrected chi connectivity index (χ2v) is 7.77. The molecule has 0 aliphatic rings. The first kappa shape index (κ1) is 18.1. The highest BCUT2D eigenvalue weighted by atomic mass is 32.1. The fourth-order valence-corrected chi connectivity index (χ4v) is 4.39. The number of nitrogens with zero attached hydrogens (tertiary/aromatic N) is 3. The van der Waals surface area contributed by atoms with Crippen molar-refractivity contribution in [2.45, 2.75) is 13.3 Å². The summed E-state index contributed by atoms with van der Waals surface area (Å²) in [7, 11) is 0. The molecule has 0 aliphatic heterocycles. The summed E-state index contributed by atoms with van der Waals surface area (Å²) < 4.78 is 4.98. The summed E-state index contributed by atoms with van der Waals surface area (Å²) in [6.07, 6.45) is 0.122. The topological polar surface area (TPSA) is 140 Å². The van der Waals surface area contributed by atoms with Gasteiger partial charge in [-0.2, -0.15) is 0 Å². The molecular formula is C17H14N6O3S2. The lowest BCUT2D eigenvalue weighted by Gasteiger charge is -2.03. The fraction of sp³-hybridized carbons (Fsp3) is 0.118. The maximum absolute atomic E-state index is 11.1. The van der Waals surface area contributed by atoms with Crippen molar-refractivity contribution < 1.29 is 9.21 Å². The summed E-state index contributed by atoms with van der Waals surface area (Å²) in [5.74, 6) is -0.794. The van der Waals surface area contributed by atoms with E-state index in [4.69, 9.17) is 10.2 Å². The van der Waals surface area contributed by atoms with Gasteiger partial charge in [0.2, 0.25) is 11.8 Å². The van der Waals surface area contributed by atoms with Crippen LogP contribution in [0.1, 0.15) is 10.7 Å². The second kappa shape index (κ2) is 7.37. The average molecular weight is 414 g/mol. The predicted octanol–water partition coefficient (Wildman–Crippen LogP) is 2.69. The van der Waals surface area contributed by atoms with Gasteiger partial charge >= 0.3 is 5.76 Å². The number of rotatable bonds is 6. The Hall–Kier alpha value is -3.31. The summed E-state index contributed by atoms with van der Waals surface area (Å²) in [6, 6.07) is 7.30. The van der Waals surface area contributed by atoms with E-state index in [0.717, 1.165) is 22.0 Å². The number of nitrogens with two attached hydrogens (primary N) is 1. The maximum Gasteiger partial charge on any atom is 0.434 e. The number of nitrogens with one attached hydrogen (secondary N) is 2. The van der Waals surface area contributed by atoms with Crippen LogP contribution in [0.3, 0.4) is 0 Å². The van der Waals surface area contributed by atoms with Crippen LogP contribution in [0.5, 0.6) is 0 Å². The van der Waals surface area contributed by atoms with Gasteiger partial charge in [-0.1, -0.05) is 6.07 Å². The quantitative estimate of drug-likeness (QED) is 0.440. The van der Waals surface area contributed by atoms with Gasteiger partial charge in [0.05, 0.1) is 22.7 Å². The van der Waals surface area contributed by atoms with Crippen LogP contribution in [-0.2, 0) is 11.2 Å². The number of carbonyl (C=O) groups is 1. The molecule has 1 amide bonds. The highest BCUT2D eigenvalue weighted by molar-refractivity contribution is 7.17. The Labute approximate surface area is 166 Å². The number of carbonyl (C=O) groups excluding carboxylic acids is 1. The number of amides is 1. The van der Waals surface area contributed by atoms with Crippen molar-refractivity contribution in [3.05, 3.63) is 50.9 Å². The van der Waals surface area contributed by atoms with Gasteiger partial charge in [0.15, 0.2) is 5.13 Å². The molecule has 0 unspecified atom stereocenters. The number of primary amides is 1. The average Bonchev–Trinajstić information content (AvgIpc) is 3.35. The molecule has 3 aromatic heterocycles. The van der Waals surface area contributed by atoms with Gasteiger partial charge in [-0.05, 0) is 25.1 Å². The zero-order chi connectivity index (χ0) is 19.7. The van der Waals surface area contributed by atoms with E-state index in [1.165, 1.54) is 22.7 Å². The molecule has 4 N–H and O–H groups in total. The minimum atomic E-state index is -0.603. The van der Waals surface area contributed by atoms with Crippen LogP contribution < -0.4 is 16.8 Å². The Balaban J connectivity index is 1.55. The molecule has 0 saturated heterocycles. The highest BCUT2D eigenvalue weighted by Gasteiger charge is 2.15. The first-order valence-corrected chi connectivity index (χ1v) is 9.81. The minimum absolute atomic E-state index is 0.122. The van der Waals surface area contributed by atoms with Gasteiger partial charge in [-0.15, -0.1) is 27.8 Å². The molecule has 0 aliphatic carbocycles. The number of H-pyrrole nitrogens is 1. The van der Waals surface area contributed by atoms with E-state index < -0.39 is 11.7 Å². The molecule has 0 saturated carbocycles. The lowest BCUT2D eigenvalue weighted by molar-refractivity contribution is -0.117. The lowest BCUT2D eigenvalue weighted by Crippen LogP contribution is -2.13. The molecule has 0 radical (unpaired) electrons. The third-order valence-electron chi connectivity index (χ3n) is 3.70. The fourth-order valence-electron chi connectivity index (χ4n) is 2.56. The lowest BCUT2D eigenvalue weighted by atomic mass is 10.2. The molecule has 11 heteroatoms. The first-order valence-electron chi connectivity index (χ1n) is 8.11.